The van der Waals surface area contributed by atoms with Crippen molar-refractivity contribution in [2.24, 2.45) is 0 Å². The van der Waals surface area contributed by atoms with Crippen LogP contribution in [-0.4, -0.2) is 10.9 Å². The van der Waals surface area contributed by atoms with Crippen LogP contribution < -0.4 is 10.7 Å². The van der Waals surface area contributed by atoms with Gasteiger partial charge in [-0.25, -0.2) is 4.98 Å². The van der Waals surface area contributed by atoms with Crippen LogP contribution >= 0.6 is 34.5 Å². The van der Waals surface area contributed by atoms with Gasteiger partial charge in [0, 0.05) is 0 Å². The van der Waals surface area contributed by atoms with Gasteiger partial charge < -0.3 is 4.42 Å². The number of fused-ring (bicyclic) bond motifs is 2. The first-order chi connectivity index (χ1) is 12.0. The SMILES string of the molecule is O=C(Nc1nc2c(Cl)ccc(Cl)c2s1)c1coc2ccccc2c1=O. The molecule has 1 N–H and O–H groups in total. The summed E-state index contributed by atoms with van der Waals surface area (Å²) in [5.41, 5.74) is 0.411. The van der Waals surface area contributed by atoms with Gasteiger partial charge in [0.15, 0.2) is 5.13 Å². The number of nitrogens with zero attached hydrogens (tertiary/aromatic N) is 1. The molecule has 0 saturated heterocycles. The van der Waals surface area contributed by atoms with Gasteiger partial charge in [0.1, 0.15) is 22.9 Å². The van der Waals surface area contributed by atoms with Crippen LogP contribution in [0, 0.1) is 0 Å². The van der Waals surface area contributed by atoms with Crippen LogP contribution in [-0.2, 0) is 0 Å². The average Bonchev–Trinajstić information content (AvgIpc) is 3.04. The Morgan fingerprint density at radius 1 is 1.12 bits per heavy atom. The molecule has 0 aliphatic heterocycles. The third-order valence-corrected chi connectivity index (χ3v) is 5.33. The maximum atomic E-state index is 12.5. The van der Waals surface area contributed by atoms with Gasteiger partial charge in [0.2, 0.25) is 5.43 Å². The zero-order valence-corrected chi connectivity index (χ0v) is 14.7. The van der Waals surface area contributed by atoms with Crippen molar-refractivity contribution in [1.29, 1.82) is 0 Å². The highest BCUT2D eigenvalue weighted by Gasteiger charge is 2.17. The lowest BCUT2D eigenvalue weighted by Gasteiger charge is -2.02. The van der Waals surface area contributed by atoms with Gasteiger partial charge >= 0.3 is 0 Å². The maximum absolute atomic E-state index is 12.5. The van der Waals surface area contributed by atoms with E-state index in [9.17, 15) is 9.59 Å². The largest absolute Gasteiger partial charge is 0.463 e. The quantitative estimate of drug-likeness (QED) is 0.524. The fraction of sp³-hybridized carbons (Fsp3) is 0. The van der Waals surface area contributed by atoms with Gasteiger partial charge in [-0.1, -0.05) is 46.7 Å². The zero-order valence-electron chi connectivity index (χ0n) is 12.4. The Bertz CT molecular complexity index is 1160. The number of aromatic nitrogens is 1. The molecule has 124 valence electrons. The van der Waals surface area contributed by atoms with Gasteiger partial charge in [0.25, 0.3) is 5.91 Å². The second-order valence-electron chi connectivity index (χ2n) is 5.15. The molecule has 2 aromatic carbocycles. The van der Waals surface area contributed by atoms with Crippen molar-refractivity contribution in [3.8, 4) is 0 Å². The van der Waals surface area contributed by atoms with Gasteiger partial charge in [-0.2, -0.15) is 0 Å². The van der Waals surface area contributed by atoms with E-state index in [1.807, 2.05) is 0 Å². The number of para-hydroxylation sites is 1. The fourth-order valence-corrected chi connectivity index (χ4v) is 3.81. The minimum atomic E-state index is -0.606. The number of halogens is 2. The molecular formula is C17H8Cl2N2O3S. The number of rotatable bonds is 2. The monoisotopic (exact) mass is 390 g/mol. The Morgan fingerprint density at radius 2 is 1.88 bits per heavy atom. The lowest BCUT2D eigenvalue weighted by molar-refractivity contribution is 0.102. The summed E-state index contributed by atoms with van der Waals surface area (Å²) in [5, 5.41) is 4.15. The summed E-state index contributed by atoms with van der Waals surface area (Å²) in [6.45, 7) is 0. The van der Waals surface area contributed by atoms with E-state index >= 15 is 0 Å². The summed E-state index contributed by atoms with van der Waals surface area (Å²) in [7, 11) is 0. The molecule has 2 heterocycles. The van der Waals surface area contributed by atoms with Gasteiger partial charge in [-0.3, -0.25) is 14.9 Å². The molecule has 0 radical (unpaired) electrons. The van der Waals surface area contributed by atoms with E-state index in [0.29, 0.717) is 36.4 Å². The number of amides is 1. The zero-order chi connectivity index (χ0) is 17.6. The molecule has 0 fully saturated rings. The smallest absolute Gasteiger partial charge is 0.264 e. The molecule has 0 atom stereocenters. The summed E-state index contributed by atoms with van der Waals surface area (Å²) < 4.78 is 6.02. The topological polar surface area (TPSA) is 72.2 Å². The van der Waals surface area contributed by atoms with E-state index in [1.165, 1.54) is 11.3 Å². The molecule has 8 heteroatoms. The molecule has 0 spiro atoms. The first-order valence-electron chi connectivity index (χ1n) is 7.11. The Hall–Kier alpha value is -2.41. The van der Waals surface area contributed by atoms with E-state index in [4.69, 9.17) is 27.6 Å². The number of hydrogen-bond donors (Lipinski definition) is 1. The van der Waals surface area contributed by atoms with E-state index in [0.717, 1.165) is 6.26 Å². The Labute approximate surface area is 154 Å². The minimum absolute atomic E-state index is 0.102. The number of anilines is 1. The first-order valence-corrected chi connectivity index (χ1v) is 8.68. The van der Waals surface area contributed by atoms with Crippen LogP contribution in [0.25, 0.3) is 21.2 Å². The standard InChI is InChI=1S/C17H8Cl2N2O3S/c18-10-5-6-11(19)15-13(10)20-17(25-15)21-16(23)9-7-24-12-4-2-1-3-8(12)14(9)22/h1-7H,(H,20,21,23). The first kappa shape index (κ1) is 16.1. The van der Waals surface area contributed by atoms with Crippen LogP contribution in [0.5, 0.6) is 0 Å². The van der Waals surface area contributed by atoms with Crippen molar-refractivity contribution in [1.82, 2.24) is 4.98 Å². The van der Waals surface area contributed by atoms with Crippen molar-refractivity contribution in [2.75, 3.05) is 5.32 Å². The highest BCUT2D eigenvalue weighted by atomic mass is 35.5. The highest BCUT2D eigenvalue weighted by Crippen LogP contribution is 2.36. The normalized spacial score (nSPS) is 11.1. The summed E-state index contributed by atoms with van der Waals surface area (Å²) in [6, 6.07) is 10.0. The molecular weight excluding hydrogens is 383 g/mol. The van der Waals surface area contributed by atoms with Crippen molar-refractivity contribution in [3.05, 3.63) is 68.5 Å². The molecule has 25 heavy (non-hydrogen) atoms. The molecule has 0 unspecified atom stereocenters. The van der Waals surface area contributed by atoms with Crippen molar-refractivity contribution < 1.29 is 9.21 Å². The second kappa shape index (κ2) is 6.15. The van der Waals surface area contributed by atoms with E-state index < -0.39 is 11.3 Å². The van der Waals surface area contributed by atoms with E-state index in [2.05, 4.69) is 10.3 Å². The second-order valence-corrected chi connectivity index (χ2v) is 6.97. The van der Waals surface area contributed by atoms with Crippen LogP contribution in [0.4, 0.5) is 5.13 Å². The fourth-order valence-electron chi connectivity index (χ4n) is 2.40. The van der Waals surface area contributed by atoms with Crippen LogP contribution in [0.1, 0.15) is 10.4 Å². The Morgan fingerprint density at radius 3 is 2.68 bits per heavy atom. The van der Waals surface area contributed by atoms with Crippen LogP contribution in [0.15, 0.2) is 51.9 Å². The minimum Gasteiger partial charge on any atom is -0.463 e. The molecule has 0 aliphatic rings. The summed E-state index contributed by atoms with van der Waals surface area (Å²) in [4.78, 5) is 29.2. The van der Waals surface area contributed by atoms with Crippen molar-refractivity contribution in [3.63, 3.8) is 0 Å². The summed E-state index contributed by atoms with van der Waals surface area (Å²) in [6.07, 6.45) is 1.15. The number of nitrogens with one attached hydrogen (secondary N) is 1. The lowest BCUT2D eigenvalue weighted by Crippen LogP contribution is -2.21. The predicted molar refractivity (Wildman–Crippen MR) is 100 cm³/mol. The highest BCUT2D eigenvalue weighted by molar-refractivity contribution is 7.23. The molecule has 0 saturated carbocycles. The van der Waals surface area contributed by atoms with Gasteiger partial charge in [0.05, 0.1) is 20.1 Å². The number of benzene rings is 2. The lowest BCUT2D eigenvalue weighted by atomic mass is 10.1. The average molecular weight is 391 g/mol. The molecule has 4 rings (SSSR count). The number of carbonyl (C=O) groups is 1. The molecule has 1 amide bonds. The summed E-state index contributed by atoms with van der Waals surface area (Å²) >= 11 is 13.4. The number of thiazole rings is 1. The van der Waals surface area contributed by atoms with Gasteiger partial charge in [-0.05, 0) is 24.3 Å². The third kappa shape index (κ3) is 2.78. The number of hydrogen-bond acceptors (Lipinski definition) is 5. The van der Waals surface area contributed by atoms with E-state index in [-0.39, 0.29) is 5.56 Å². The molecule has 0 bridgehead atoms. The summed E-state index contributed by atoms with van der Waals surface area (Å²) in [5.74, 6) is -0.606. The van der Waals surface area contributed by atoms with Crippen molar-refractivity contribution in [2.45, 2.75) is 0 Å². The molecule has 5 nitrogen and oxygen atoms in total. The number of carbonyl (C=O) groups excluding carboxylic acids is 1. The molecule has 0 aliphatic carbocycles. The van der Waals surface area contributed by atoms with Crippen LogP contribution in [0.3, 0.4) is 0 Å². The van der Waals surface area contributed by atoms with Crippen molar-refractivity contribution >= 4 is 66.8 Å². The molecule has 4 aromatic rings. The van der Waals surface area contributed by atoms with Crippen LogP contribution in [0.2, 0.25) is 10.0 Å². The Kier molecular flexibility index (Phi) is 3.95. The third-order valence-electron chi connectivity index (χ3n) is 3.59. The van der Waals surface area contributed by atoms with Gasteiger partial charge in [-0.15, -0.1) is 0 Å². The predicted octanol–water partition coefficient (Wildman–Crippen LogP) is 4.96. The maximum Gasteiger partial charge on any atom is 0.264 e. The molecule has 2 aromatic heterocycles. The Balaban J connectivity index is 1.73. The van der Waals surface area contributed by atoms with E-state index in [1.54, 1.807) is 36.4 Å².